The van der Waals surface area contributed by atoms with Gasteiger partial charge in [-0.25, -0.2) is 0 Å². The Morgan fingerprint density at radius 2 is 1.64 bits per heavy atom. The SMILES string of the molecule is CC(C)(C)[N+]1([O-])CCNCC1. The lowest BCUT2D eigenvalue weighted by Gasteiger charge is -2.54. The molecule has 1 fully saturated rings. The highest BCUT2D eigenvalue weighted by atomic mass is 16.6. The van der Waals surface area contributed by atoms with Gasteiger partial charge in [-0.05, 0) is 20.8 Å². The van der Waals surface area contributed by atoms with Crippen LogP contribution in [0.2, 0.25) is 0 Å². The van der Waals surface area contributed by atoms with Crippen LogP contribution in [0, 0.1) is 5.21 Å². The van der Waals surface area contributed by atoms with Crippen molar-refractivity contribution < 1.29 is 4.65 Å². The number of rotatable bonds is 0. The molecular formula is C8H18N2O. The lowest BCUT2D eigenvalue weighted by atomic mass is 10.0. The van der Waals surface area contributed by atoms with E-state index in [4.69, 9.17) is 0 Å². The highest BCUT2D eigenvalue weighted by molar-refractivity contribution is 4.69. The Kier molecular flexibility index (Phi) is 2.23. The minimum atomic E-state index is -0.151. The van der Waals surface area contributed by atoms with Crippen molar-refractivity contribution in [2.45, 2.75) is 26.3 Å². The second-order valence-corrected chi connectivity index (χ2v) is 4.26. The number of piperazine rings is 1. The average Bonchev–Trinajstić information content (AvgIpc) is 1.87. The van der Waals surface area contributed by atoms with Gasteiger partial charge in [0.25, 0.3) is 0 Å². The van der Waals surface area contributed by atoms with Crippen LogP contribution in [-0.4, -0.2) is 36.4 Å². The van der Waals surface area contributed by atoms with Gasteiger partial charge in [0.1, 0.15) is 0 Å². The number of nitrogens with one attached hydrogen (secondary N) is 1. The largest absolute Gasteiger partial charge is 0.632 e. The second-order valence-electron chi connectivity index (χ2n) is 4.26. The predicted octanol–water partition coefficient (Wildman–Crippen LogP) is 0.703. The van der Waals surface area contributed by atoms with Gasteiger partial charge in [-0.15, -0.1) is 0 Å². The van der Waals surface area contributed by atoms with E-state index in [0.29, 0.717) is 13.1 Å². The molecule has 0 aromatic carbocycles. The summed E-state index contributed by atoms with van der Waals surface area (Å²) in [5.41, 5.74) is -0.151. The van der Waals surface area contributed by atoms with Crippen molar-refractivity contribution in [1.29, 1.82) is 0 Å². The van der Waals surface area contributed by atoms with Crippen molar-refractivity contribution in [3.8, 4) is 0 Å². The van der Waals surface area contributed by atoms with Gasteiger partial charge in [0.15, 0.2) is 0 Å². The van der Waals surface area contributed by atoms with E-state index in [1.807, 2.05) is 20.8 Å². The molecule has 3 heteroatoms. The summed E-state index contributed by atoms with van der Waals surface area (Å²) in [5.74, 6) is 0. The highest BCUT2D eigenvalue weighted by Gasteiger charge is 2.33. The fourth-order valence-corrected chi connectivity index (χ4v) is 1.43. The predicted molar refractivity (Wildman–Crippen MR) is 46.0 cm³/mol. The quantitative estimate of drug-likeness (QED) is 0.416. The molecule has 1 rings (SSSR count). The minimum absolute atomic E-state index is 0.0417. The smallest absolute Gasteiger partial charge is 0.0915 e. The second kappa shape index (κ2) is 2.73. The van der Waals surface area contributed by atoms with Gasteiger partial charge in [-0.1, -0.05) is 0 Å². The fraction of sp³-hybridized carbons (Fsp3) is 1.00. The third-order valence-corrected chi connectivity index (χ3v) is 2.52. The average molecular weight is 158 g/mol. The van der Waals surface area contributed by atoms with Gasteiger partial charge in [0.2, 0.25) is 0 Å². The van der Waals surface area contributed by atoms with Crippen LogP contribution in [0.5, 0.6) is 0 Å². The van der Waals surface area contributed by atoms with Crippen LogP contribution in [0.4, 0.5) is 0 Å². The van der Waals surface area contributed by atoms with E-state index in [9.17, 15) is 5.21 Å². The number of hydroxylamine groups is 3. The Morgan fingerprint density at radius 3 is 1.91 bits per heavy atom. The van der Waals surface area contributed by atoms with Crippen molar-refractivity contribution in [2.75, 3.05) is 26.2 Å². The van der Waals surface area contributed by atoms with Crippen LogP contribution in [-0.2, 0) is 0 Å². The normalized spacial score (nSPS) is 25.1. The van der Waals surface area contributed by atoms with Crippen LogP contribution in [0.3, 0.4) is 0 Å². The van der Waals surface area contributed by atoms with Gasteiger partial charge in [-0.2, -0.15) is 0 Å². The molecule has 0 saturated carbocycles. The molecule has 1 aliphatic rings. The van der Waals surface area contributed by atoms with E-state index in [2.05, 4.69) is 5.32 Å². The summed E-state index contributed by atoms with van der Waals surface area (Å²) >= 11 is 0. The molecule has 0 aromatic heterocycles. The third-order valence-electron chi connectivity index (χ3n) is 2.52. The van der Waals surface area contributed by atoms with Crippen LogP contribution in [0.1, 0.15) is 20.8 Å². The summed E-state index contributed by atoms with van der Waals surface area (Å²) in [4.78, 5) is 0. The van der Waals surface area contributed by atoms with E-state index in [1.54, 1.807) is 0 Å². The number of hydrogen-bond acceptors (Lipinski definition) is 2. The first-order valence-electron chi connectivity index (χ1n) is 4.25. The third kappa shape index (κ3) is 1.72. The molecule has 1 saturated heterocycles. The maximum absolute atomic E-state index is 12.0. The van der Waals surface area contributed by atoms with E-state index in [0.717, 1.165) is 13.1 Å². The Labute approximate surface area is 68.6 Å². The molecule has 0 spiro atoms. The molecule has 0 aliphatic carbocycles. The van der Waals surface area contributed by atoms with Gasteiger partial charge in [-0.3, -0.25) is 0 Å². The molecule has 1 N–H and O–H groups in total. The molecule has 0 bridgehead atoms. The molecule has 0 amide bonds. The zero-order valence-electron chi connectivity index (χ0n) is 7.68. The van der Waals surface area contributed by atoms with Crippen molar-refractivity contribution in [1.82, 2.24) is 5.32 Å². The molecule has 0 atom stereocenters. The number of quaternary nitrogens is 1. The van der Waals surface area contributed by atoms with Crippen LogP contribution in [0.25, 0.3) is 0 Å². The Bertz CT molecular complexity index is 134. The first-order chi connectivity index (χ1) is 4.96. The molecule has 1 heterocycles. The van der Waals surface area contributed by atoms with Gasteiger partial charge in [0, 0.05) is 13.1 Å². The lowest BCUT2D eigenvalue weighted by Crippen LogP contribution is -2.63. The Balaban J connectivity index is 2.64. The zero-order valence-corrected chi connectivity index (χ0v) is 7.68. The van der Waals surface area contributed by atoms with E-state index in [-0.39, 0.29) is 10.2 Å². The van der Waals surface area contributed by atoms with Crippen molar-refractivity contribution in [2.24, 2.45) is 0 Å². The standard InChI is InChI=1S/C8H18N2O/c1-8(2,3)10(11)6-4-9-5-7-10/h9H,4-7H2,1-3H3. The summed E-state index contributed by atoms with van der Waals surface area (Å²) in [6.07, 6.45) is 0. The number of hydrogen-bond donors (Lipinski definition) is 1. The molecule has 1 aliphatic heterocycles. The molecule has 0 radical (unpaired) electrons. The number of nitrogens with zero attached hydrogens (tertiary/aromatic N) is 1. The molecule has 11 heavy (non-hydrogen) atoms. The first kappa shape index (κ1) is 8.97. The van der Waals surface area contributed by atoms with Crippen molar-refractivity contribution in [3.05, 3.63) is 5.21 Å². The maximum Gasteiger partial charge on any atom is 0.0915 e. The molecule has 66 valence electrons. The van der Waals surface area contributed by atoms with Gasteiger partial charge in [0.05, 0.1) is 18.6 Å². The van der Waals surface area contributed by atoms with Crippen LogP contribution >= 0.6 is 0 Å². The molecule has 3 nitrogen and oxygen atoms in total. The summed E-state index contributed by atoms with van der Waals surface area (Å²) in [5, 5.41) is 15.2. The van der Waals surface area contributed by atoms with Crippen molar-refractivity contribution in [3.63, 3.8) is 0 Å². The van der Waals surface area contributed by atoms with Crippen LogP contribution < -0.4 is 5.32 Å². The summed E-state index contributed by atoms with van der Waals surface area (Å²) in [6, 6.07) is 0. The van der Waals surface area contributed by atoms with E-state index < -0.39 is 0 Å². The van der Waals surface area contributed by atoms with E-state index >= 15 is 0 Å². The van der Waals surface area contributed by atoms with E-state index in [1.165, 1.54) is 0 Å². The summed E-state index contributed by atoms with van der Waals surface area (Å²) in [7, 11) is 0. The molecular weight excluding hydrogens is 140 g/mol. The van der Waals surface area contributed by atoms with Gasteiger partial charge < -0.3 is 15.2 Å². The first-order valence-corrected chi connectivity index (χ1v) is 4.25. The van der Waals surface area contributed by atoms with Crippen LogP contribution in [0.15, 0.2) is 0 Å². The molecule has 0 unspecified atom stereocenters. The zero-order chi connectivity index (χ0) is 8.54. The Morgan fingerprint density at radius 1 is 1.18 bits per heavy atom. The topological polar surface area (TPSA) is 35.1 Å². The van der Waals surface area contributed by atoms with Gasteiger partial charge >= 0.3 is 0 Å². The highest BCUT2D eigenvalue weighted by Crippen LogP contribution is 2.23. The van der Waals surface area contributed by atoms with Crippen molar-refractivity contribution >= 4 is 0 Å². The minimum Gasteiger partial charge on any atom is -0.632 e. The monoisotopic (exact) mass is 158 g/mol. The summed E-state index contributed by atoms with van der Waals surface area (Å²) in [6.45, 7) is 9.20. The Hall–Kier alpha value is -0.120. The summed E-state index contributed by atoms with van der Waals surface area (Å²) < 4.78 is -0.0417. The fourth-order valence-electron chi connectivity index (χ4n) is 1.43. The lowest BCUT2D eigenvalue weighted by molar-refractivity contribution is -0.927. The molecule has 0 aromatic rings. The maximum atomic E-state index is 12.0.